The first-order valence-corrected chi connectivity index (χ1v) is 7.62. The van der Waals surface area contributed by atoms with E-state index in [2.05, 4.69) is 15.9 Å². The molecule has 20 heavy (non-hydrogen) atoms. The fourth-order valence-corrected chi connectivity index (χ4v) is 3.94. The number of rotatable bonds is 1. The molecule has 0 radical (unpaired) electrons. The topological polar surface area (TPSA) is 37.4 Å². The molecule has 3 atom stereocenters. The van der Waals surface area contributed by atoms with E-state index in [0.29, 0.717) is 0 Å². The Morgan fingerprint density at radius 2 is 1.70 bits per heavy atom. The molecule has 0 aromatic heterocycles. The Labute approximate surface area is 127 Å². The summed E-state index contributed by atoms with van der Waals surface area (Å²) in [6, 6.07) is 7.93. The molecule has 3 rings (SSSR count). The molecule has 1 saturated carbocycles. The van der Waals surface area contributed by atoms with Crippen molar-refractivity contribution >= 4 is 27.7 Å². The summed E-state index contributed by atoms with van der Waals surface area (Å²) in [7, 11) is 0. The number of carbonyl (C=O) groups is 2. The van der Waals surface area contributed by atoms with Crippen molar-refractivity contribution in [1.29, 1.82) is 0 Å². The van der Waals surface area contributed by atoms with Crippen LogP contribution in [0.1, 0.15) is 33.3 Å². The minimum absolute atomic E-state index is 0.0185. The Balaban J connectivity index is 1.97. The van der Waals surface area contributed by atoms with Crippen molar-refractivity contribution in [3.63, 3.8) is 0 Å². The number of halogens is 1. The predicted molar refractivity (Wildman–Crippen MR) is 80.1 cm³/mol. The van der Waals surface area contributed by atoms with Gasteiger partial charge in [0.05, 0.1) is 11.8 Å². The van der Waals surface area contributed by atoms with Gasteiger partial charge in [0.2, 0.25) is 11.8 Å². The van der Waals surface area contributed by atoms with E-state index in [-0.39, 0.29) is 29.1 Å². The summed E-state index contributed by atoms with van der Waals surface area (Å²) >= 11 is 3.46. The first-order valence-electron chi connectivity index (χ1n) is 6.83. The Kier molecular flexibility index (Phi) is 2.72. The van der Waals surface area contributed by atoms with E-state index >= 15 is 0 Å². The van der Waals surface area contributed by atoms with Crippen LogP contribution in [0.5, 0.6) is 0 Å². The monoisotopic (exact) mass is 335 g/mol. The Hall–Kier alpha value is -1.16. The lowest BCUT2D eigenvalue weighted by atomic mass is 9.91. The van der Waals surface area contributed by atoms with Gasteiger partial charge in [-0.3, -0.25) is 14.5 Å². The lowest BCUT2D eigenvalue weighted by Gasteiger charge is -2.33. The summed E-state index contributed by atoms with van der Waals surface area (Å²) in [6.45, 7) is 7.75. The second kappa shape index (κ2) is 3.94. The van der Waals surface area contributed by atoms with E-state index in [4.69, 9.17) is 0 Å². The number of amides is 2. The number of benzene rings is 1. The summed E-state index contributed by atoms with van der Waals surface area (Å²) in [4.78, 5) is 26.6. The smallest absolute Gasteiger partial charge is 0.234 e. The van der Waals surface area contributed by atoms with Crippen molar-refractivity contribution in [3.05, 3.63) is 34.3 Å². The minimum Gasteiger partial charge on any atom is -0.277 e. The number of imide groups is 1. The van der Waals surface area contributed by atoms with Crippen LogP contribution in [0.25, 0.3) is 0 Å². The molecule has 4 heteroatoms. The first-order chi connectivity index (χ1) is 9.19. The van der Waals surface area contributed by atoms with Gasteiger partial charge in [-0.05, 0) is 38.5 Å². The average molecular weight is 336 g/mol. The second-order valence-corrected chi connectivity index (χ2v) is 7.85. The zero-order valence-corrected chi connectivity index (χ0v) is 13.7. The highest BCUT2D eigenvalue weighted by Crippen LogP contribution is 2.65. The van der Waals surface area contributed by atoms with Crippen molar-refractivity contribution in [2.75, 3.05) is 0 Å². The highest BCUT2D eigenvalue weighted by atomic mass is 79.9. The third-order valence-electron chi connectivity index (χ3n) is 4.61. The average Bonchev–Trinajstić information content (AvgIpc) is 2.84. The largest absolute Gasteiger partial charge is 0.277 e. The maximum atomic E-state index is 12.6. The fraction of sp³-hybridized carbons (Fsp3) is 0.500. The normalized spacial score (nSPS) is 32.5. The van der Waals surface area contributed by atoms with Gasteiger partial charge in [-0.2, -0.15) is 0 Å². The van der Waals surface area contributed by atoms with E-state index in [9.17, 15) is 9.59 Å². The Morgan fingerprint density at radius 3 is 2.15 bits per heavy atom. The predicted octanol–water partition coefficient (Wildman–Crippen LogP) is 3.12. The molecule has 0 spiro atoms. The molecule has 2 aliphatic rings. The van der Waals surface area contributed by atoms with Crippen LogP contribution < -0.4 is 0 Å². The molecular formula is C16H18BrNO2. The molecule has 1 unspecified atom stereocenters. The molecule has 1 aliphatic heterocycles. The van der Waals surface area contributed by atoms with E-state index in [1.807, 2.05) is 52.0 Å². The molecule has 1 aromatic carbocycles. The quantitative estimate of drug-likeness (QED) is 0.739. The fourth-order valence-electron chi connectivity index (χ4n) is 3.54. The molecule has 0 N–H and O–H groups in total. The molecule has 2 amide bonds. The van der Waals surface area contributed by atoms with E-state index < -0.39 is 5.54 Å². The lowest BCUT2D eigenvalue weighted by Crippen LogP contribution is -2.49. The van der Waals surface area contributed by atoms with Crippen molar-refractivity contribution < 1.29 is 9.59 Å². The SMILES string of the molecule is CC1(c2cccc(Br)c2)[C@@H]2C(=O)N(C(C)(C)C)C(=O)[C@@H]21. The molecule has 2 fully saturated rings. The molecular weight excluding hydrogens is 318 g/mol. The van der Waals surface area contributed by atoms with Gasteiger partial charge in [-0.15, -0.1) is 0 Å². The van der Waals surface area contributed by atoms with E-state index in [0.717, 1.165) is 10.0 Å². The van der Waals surface area contributed by atoms with Crippen LogP contribution in [0.3, 0.4) is 0 Å². The highest BCUT2D eigenvalue weighted by molar-refractivity contribution is 9.10. The third-order valence-corrected chi connectivity index (χ3v) is 5.10. The molecule has 1 saturated heterocycles. The van der Waals surface area contributed by atoms with Gasteiger partial charge in [0, 0.05) is 15.4 Å². The van der Waals surface area contributed by atoms with Gasteiger partial charge in [-0.25, -0.2) is 0 Å². The molecule has 0 bridgehead atoms. The Morgan fingerprint density at radius 1 is 1.15 bits per heavy atom. The zero-order chi connectivity index (χ0) is 14.9. The zero-order valence-electron chi connectivity index (χ0n) is 12.1. The highest BCUT2D eigenvalue weighted by Gasteiger charge is 2.76. The second-order valence-electron chi connectivity index (χ2n) is 6.93. The summed E-state index contributed by atoms with van der Waals surface area (Å²) in [5.74, 6) is -0.419. The van der Waals surface area contributed by atoms with Gasteiger partial charge in [0.25, 0.3) is 0 Å². The maximum absolute atomic E-state index is 12.6. The summed E-state index contributed by atoms with van der Waals surface area (Å²) in [6.07, 6.45) is 0. The number of carbonyl (C=O) groups excluding carboxylic acids is 2. The maximum Gasteiger partial charge on any atom is 0.234 e. The number of piperidine rings is 1. The Bertz CT molecular complexity index is 595. The van der Waals surface area contributed by atoms with Crippen LogP contribution >= 0.6 is 15.9 Å². The van der Waals surface area contributed by atoms with Crippen LogP contribution in [0.2, 0.25) is 0 Å². The lowest BCUT2D eigenvalue weighted by molar-refractivity contribution is -0.147. The van der Waals surface area contributed by atoms with Gasteiger partial charge in [0.15, 0.2) is 0 Å². The summed E-state index contributed by atoms with van der Waals surface area (Å²) < 4.78 is 0.980. The minimum atomic E-state index is -0.431. The van der Waals surface area contributed by atoms with Crippen LogP contribution in [-0.4, -0.2) is 22.3 Å². The molecule has 1 heterocycles. The van der Waals surface area contributed by atoms with Crippen molar-refractivity contribution in [2.24, 2.45) is 11.8 Å². The summed E-state index contributed by atoms with van der Waals surface area (Å²) in [5.41, 5.74) is 0.302. The third kappa shape index (κ3) is 1.63. The molecule has 106 valence electrons. The van der Waals surface area contributed by atoms with Gasteiger partial charge >= 0.3 is 0 Å². The number of likely N-dealkylation sites (tertiary alicyclic amines) is 1. The first kappa shape index (κ1) is 13.8. The molecule has 3 nitrogen and oxygen atoms in total. The van der Waals surface area contributed by atoms with Crippen molar-refractivity contribution in [2.45, 2.75) is 38.6 Å². The molecule has 1 aliphatic carbocycles. The van der Waals surface area contributed by atoms with Gasteiger partial charge in [0.1, 0.15) is 0 Å². The number of nitrogens with zero attached hydrogens (tertiary/aromatic N) is 1. The van der Waals surface area contributed by atoms with Crippen LogP contribution in [0, 0.1) is 11.8 Å². The van der Waals surface area contributed by atoms with E-state index in [1.165, 1.54) is 4.90 Å². The van der Waals surface area contributed by atoms with Gasteiger partial charge in [-0.1, -0.05) is 35.0 Å². The number of fused-ring (bicyclic) bond motifs is 1. The van der Waals surface area contributed by atoms with Crippen LogP contribution in [-0.2, 0) is 15.0 Å². The van der Waals surface area contributed by atoms with Gasteiger partial charge < -0.3 is 0 Å². The number of hydrogen-bond acceptors (Lipinski definition) is 2. The molecule has 1 aromatic rings. The van der Waals surface area contributed by atoms with E-state index in [1.54, 1.807) is 0 Å². The van der Waals surface area contributed by atoms with Crippen LogP contribution in [0.4, 0.5) is 0 Å². The van der Waals surface area contributed by atoms with Crippen LogP contribution in [0.15, 0.2) is 28.7 Å². The standard InChI is InChI=1S/C16H18BrNO2/c1-15(2,3)18-13(19)11-12(14(18)20)16(11,4)9-6-5-7-10(17)8-9/h5-8,11-12H,1-4H3/t11-,12+,16?. The number of hydrogen-bond donors (Lipinski definition) is 0. The summed E-state index contributed by atoms with van der Waals surface area (Å²) in [5, 5.41) is 0. The van der Waals surface area contributed by atoms with Crippen molar-refractivity contribution in [3.8, 4) is 0 Å². The van der Waals surface area contributed by atoms with Crippen molar-refractivity contribution in [1.82, 2.24) is 4.90 Å².